The predicted octanol–water partition coefficient (Wildman–Crippen LogP) is 4.70. The van der Waals surface area contributed by atoms with Crippen molar-refractivity contribution < 1.29 is 9.72 Å². The van der Waals surface area contributed by atoms with Crippen LogP contribution in [0.25, 0.3) is 10.9 Å². The number of benzene rings is 3. The third-order valence-electron chi connectivity index (χ3n) is 5.62. The molecule has 1 aromatic heterocycles. The van der Waals surface area contributed by atoms with Crippen LogP contribution >= 0.6 is 0 Å². The van der Waals surface area contributed by atoms with Gasteiger partial charge in [0.1, 0.15) is 0 Å². The van der Waals surface area contributed by atoms with Crippen molar-refractivity contribution in [2.45, 2.75) is 5.92 Å². The SMILES string of the molecule is CN(C)c1ccc(C(CNC(=O)c2ccc([N+](=O)[O-])cc2)c2c[nH]c3ccccc23)cc1. The first-order valence-corrected chi connectivity index (χ1v) is 10.3. The third kappa shape index (κ3) is 4.32. The van der Waals surface area contributed by atoms with Gasteiger partial charge in [0.05, 0.1) is 4.92 Å². The molecule has 1 amide bonds. The highest BCUT2D eigenvalue weighted by Crippen LogP contribution is 2.31. The van der Waals surface area contributed by atoms with Crippen molar-refractivity contribution in [1.82, 2.24) is 10.3 Å². The van der Waals surface area contributed by atoms with Crippen LogP contribution in [-0.2, 0) is 0 Å². The number of amides is 1. The summed E-state index contributed by atoms with van der Waals surface area (Å²) >= 11 is 0. The predicted molar refractivity (Wildman–Crippen MR) is 126 cm³/mol. The molecule has 0 radical (unpaired) electrons. The third-order valence-corrected chi connectivity index (χ3v) is 5.62. The van der Waals surface area contributed by atoms with Crippen molar-refractivity contribution in [3.63, 3.8) is 0 Å². The Balaban J connectivity index is 1.62. The van der Waals surface area contributed by atoms with Gasteiger partial charge < -0.3 is 15.2 Å². The molecule has 7 heteroatoms. The van der Waals surface area contributed by atoms with Gasteiger partial charge in [0.25, 0.3) is 11.6 Å². The van der Waals surface area contributed by atoms with E-state index in [1.807, 2.05) is 43.4 Å². The minimum atomic E-state index is -0.480. The standard InChI is InChI=1S/C25H24N4O3/c1-28(2)19-11-7-17(8-12-19)22(23-16-26-24-6-4-3-5-21(23)24)15-27-25(30)18-9-13-20(14-10-18)29(31)32/h3-14,16,22,26H,15H2,1-2H3,(H,27,30). The zero-order valence-electron chi connectivity index (χ0n) is 17.9. The zero-order chi connectivity index (χ0) is 22.7. The number of carbonyl (C=O) groups excluding carboxylic acids is 1. The summed E-state index contributed by atoms with van der Waals surface area (Å²) in [5, 5.41) is 15.0. The van der Waals surface area contributed by atoms with Gasteiger partial charge in [-0.2, -0.15) is 0 Å². The molecule has 0 saturated carbocycles. The van der Waals surface area contributed by atoms with E-state index < -0.39 is 4.92 Å². The Labute approximate surface area is 185 Å². The molecule has 0 saturated heterocycles. The van der Waals surface area contributed by atoms with Gasteiger partial charge in [-0.15, -0.1) is 0 Å². The number of hydrogen-bond acceptors (Lipinski definition) is 4. The first-order chi connectivity index (χ1) is 15.4. The van der Waals surface area contributed by atoms with Gasteiger partial charge in [0, 0.05) is 67.0 Å². The lowest BCUT2D eigenvalue weighted by Crippen LogP contribution is -2.28. The number of non-ortho nitro benzene ring substituents is 1. The van der Waals surface area contributed by atoms with Crippen LogP contribution in [0.4, 0.5) is 11.4 Å². The Bertz CT molecular complexity index is 1240. The summed E-state index contributed by atoms with van der Waals surface area (Å²) in [6, 6.07) is 22.0. The molecule has 162 valence electrons. The normalized spacial score (nSPS) is 11.8. The molecule has 0 fully saturated rings. The molecule has 4 aromatic rings. The summed E-state index contributed by atoms with van der Waals surface area (Å²) in [5.74, 6) is -0.334. The van der Waals surface area contributed by atoms with Gasteiger partial charge in [-0.3, -0.25) is 14.9 Å². The van der Waals surface area contributed by atoms with Gasteiger partial charge in [-0.1, -0.05) is 30.3 Å². The molecule has 1 unspecified atom stereocenters. The number of fused-ring (bicyclic) bond motifs is 1. The van der Waals surface area contributed by atoms with E-state index in [4.69, 9.17) is 0 Å². The molecule has 4 rings (SSSR count). The van der Waals surface area contributed by atoms with Crippen LogP contribution in [0.15, 0.2) is 79.0 Å². The Kier molecular flexibility index (Phi) is 5.89. The number of para-hydroxylation sites is 1. The summed E-state index contributed by atoms with van der Waals surface area (Å²) < 4.78 is 0. The lowest BCUT2D eigenvalue weighted by molar-refractivity contribution is -0.384. The van der Waals surface area contributed by atoms with Gasteiger partial charge in [0.2, 0.25) is 0 Å². The molecule has 3 aromatic carbocycles. The molecular formula is C25H24N4O3. The van der Waals surface area contributed by atoms with Crippen LogP contribution in [-0.4, -0.2) is 36.5 Å². The minimum absolute atomic E-state index is 0.0424. The molecule has 1 heterocycles. The topological polar surface area (TPSA) is 91.3 Å². The fourth-order valence-corrected chi connectivity index (χ4v) is 3.83. The van der Waals surface area contributed by atoms with Crippen molar-refractivity contribution in [2.75, 3.05) is 25.5 Å². The van der Waals surface area contributed by atoms with E-state index in [1.165, 1.54) is 24.3 Å². The highest BCUT2D eigenvalue weighted by Gasteiger charge is 2.20. The average molecular weight is 428 g/mol. The number of carbonyl (C=O) groups is 1. The zero-order valence-corrected chi connectivity index (χ0v) is 17.9. The molecular weight excluding hydrogens is 404 g/mol. The van der Waals surface area contributed by atoms with E-state index in [9.17, 15) is 14.9 Å². The number of anilines is 1. The van der Waals surface area contributed by atoms with Crippen LogP contribution in [0.5, 0.6) is 0 Å². The highest BCUT2D eigenvalue weighted by molar-refractivity contribution is 5.94. The first-order valence-electron chi connectivity index (χ1n) is 10.3. The maximum absolute atomic E-state index is 12.7. The molecule has 2 N–H and O–H groups in total. The second-order valence-electron chi connectivity index (χ2n) is 7.84. The van der Waals surface area contributed by atoms with Crippen molar-refractivity contribution in [3.8, 4) is 0 Å². The van der Waals surface area contributed by atoms with E-state index in [1.54, 1.807) is 0 Å². The van der Waals surface area contributed by atoms with E-state index in [2.05, 4.69) is 40.6 Å². The van der Waals surface area contributed by atoms with E-state index in [-0.39, 0.29) is 17.5 Å². The van der Waals surface area contributed by atoms with Crippen LogP contribution in [0.3, 0.4) is 0 Å². The smallest absolute Gasteiger partial charge is 0.269 e. The first kappa shape index (κ1) is 21.1. The largest absolute Gasteiger partial charge is 0.378 e. The second kappa shape index (κ2) is 8.93. The van der Waals surface area contributed by atoms with E-state index in [0.717, 1.165) is 27.7 Å². The molecule has 32 heavy (non-hydrogen) atoms. The Morgan fingerprint density at radius 3 is 2.38 bits per heavy atom. The van der Waals surface area contributed by atoms with Gasteiger partial charge >= 0.3 is 0 Å². The lowest BCUT2D eigenvalue weighted by Gasteiger charge is -2.20. The van der Waals surface area contributed by atoms with Crippen LogP contribution in [0.1, 0.15) is 27.4 Å². The molecule has 0 aliphatic carbocycles. The van der Waals surface area contributed by atoms with Crippen LogP contribution in [0, 0.1) is 10.1 Å². The number of rotatable bonds is 7. The monoisotopic (exact) mass is 428 g/mol. The summed E-state index contributed by atoms with van der Waals surface area (Å²) in [4.78, 5) is 28.5. The van der Waals surface area contributed by atoms with Crippen molar-refractivity contribution in [3.05, 3.63) is 106 Å². The number of aromatic amines is 1. The molecule has 7 nitrogen and oxygen atoms in total. The van der Waals surface area contributed by atoms with Crippen LogP contribution in [0.2, 0.25) is 0 Å². The average Bonchev–Trinajstić information content (AvgIpc) is 3.23. The Morgan fingerprint density at radius 1 is 1.03 bits per heavy atom. The molecule has 1 atom stereocenters. The highest BCUT2D eigenvalue weighted by atomic mass is 16.6. The van der Waals surface area contributed by atoms with Gasteiger partial charge in [0.15, 0.2) is 0 Å². The Hall–Kier alpha value is -4.13. The number of aromatic nitrogens is 1. The number of nitrogens with one attached hydrogen (secondary N) is 2. The van der Waals surface area contributed by atoms with Gasteiger partial charge in [-0.05, 0) is 41.5 Å². The molecule has 0 aliphatic heterocycles. The summed E-state index contributed by atoms with van der Waals surface area (Å²) in [6.45, 7) is 0.388. The van der Waals surface area contributed by atoms with Crippen molar-refractivity contribution in [1.29, 1.82) is 0 Å². The number of hydrogen-bond donors (Lipinski definition) is 2. The summed E-state index contributed by atoms with van der Waals surface area (Å²) in [7, 11) is 3.99. The fourth-order valence-electron chi connectivity index (χ4n) is 3.83. The maximum atomic E-state index is 12.7. The van der Waals surface area contributed by atoms with E-state index in [0.29, 0.717) is 12.1 Å². The minimum Gasteiger partial charge on any atom is -0.378 e. The van der Waals surface area contributed by atoms with Gasteiger partial charge in [-0.25, -0.2) is 0 Å². The number of nitro groups is 1. The number of nitrogens with zero attached hydrogens (tertiary/aromatic N) is 2. The molecule has 0 spiro atoms. The second-order valence-corrected chi connectivity index (χ2v) is 7.84. The number of H-pyrrole nitrogens is 1. The quantitative estimate of drug-likeness (QED) is 0.330. The van der Waals surface area contributed by atoms with Crippen molar-refractivity contribution in [2.24, 2.45) is 0 Å². The summed E-state index contributed by atoms with van der Waals surface area (Å²) in [5.41, 5.74) is 4.67. The van der Waals surface area contributed by atoms with Crippen molar-refractivity contribution >= 4 is 28.2 Å². The maximum Gasteiger partial charge on any atom is 0.269 e. The summed E-state index contributed by atoms with van der Waals surface area (Å²) in [6.07, 6.45) is 1.99. The van der Waals surface area contributed by atoms with E-state index >= 15 is 0 Å². The molecule has 0 bridgehead atoms. The fraction of sp³-hybridized carbons (Fsp3) is 0.160. The lowest BCUT2D eigenvalue weighted by atomic mass is 9.90. The van der Waals surface area contributed by atoms with Crippen LogP contribution < -0.4 is 10.2 Å². The molecule has 0 aliphatic rings. The number of nitro benzene ring substituents is 1. The Morgan fingerprint density at radius 2 is 1.72 bits per heavy atom.